The highest BCUT2D eigenvalue weighted by Gasteiger charge is 2.02. The SMILES string of the molecule is COc1ccc(Oc2ccc(CN)c(C)n2)cc1. The molecule has 1 aromatic heterocycles. The van der Waals surface area contributed by atoms with Gasteiger partial charge in [-0.2, -0.15) is 0 Å². The van der Waals surface area contributed by atoms with Crippen molar-refractivity contribution in [3.63, 3.8) is 0 Å². The van der Waals surface area contributed by atoms with Crippen LogP contribution in [0.15, 0.2) is 36.4 Å². The summed E-state index contributed by atoms with van der Waals surface area (Å²) in [5.41, 5.74) is 7.51. The summed E-state index contributed by atoms with van der Waals surface area (Å²) >= 11 is 0. The van der Waals surface area contributed by atoms with Gasteiger partial charge >= 0.3 is 0 Å². The first kappa shape index (κ1) is 12.4. The van der Waals surface area contributed by atoms with Crippen molar-refractivity contribution in [2.45, 2.75) is 13.5 Å². The van der Waals surface area contributed by atoms with Gasteiger partial charge in [-0.1, -0.05) is 6.07 Å². The number of benzene rings is 1. The third-order valence-electron chi connectivity index (χ3n) is 2.67. The number of pyridine rings is 1. The van der Waals surface area contributed by atoms with Gasteiger partial charge in [-0.05, 0) is 36.8 Å². The van der Waals surface area contributed by atoms with E-state index < -0.39 is 0 Å². The summed E-state index contributed by atoms with van der Waals surface area (Å²) in [4.78, 5) is 4.35. The van der Waals surface area contributed by atoms with E-state index in [0.717, 1.165) is 22.8 Å². The highest BCUT2D eigenvalue weighted by atomic mass is 16.5. The number of methoxy groups -OCH3 is 1. The number of hydrogen-bond acceptors (Lipinski definition) is 4. The summed E-state index contributed by atoms with van der Waals surface area (Å²) < 4.78 is 10.7. The molecule has 0 atom stereocenters. The van der Waals surface area contributed by atoms with E-state index in [2.05, 4.69) is 4.98 Å². The van der Waals surface area contributed by atoms with Crippen molar-refractivity contribution >= 4 is 0 Å². The molecule has 2 N–H and O–H groups in total. The minimum absolute atomic E-state index is 0.488. The van der Waals surface area contributed by atoms with E-state index in [1.165, 1.54) is 0 Å². The van der Waals surface area contributed by atoms with Crippen LogP contribution in [0.1, 0.15) is 11.3 Å². The zero-order valence-electron chi connectivity index (χ0n) is 10.5. The van der Waals surface area contributed by atoms with Gasteiger partial charge in [0.1, 0.15) is 11.5 Å². The summed E-state index contributed by atoms with van der Waals surface area (Å²) in [6.07, 6.45) is 0. The van der Waals surface area contributed by atoms with E-state index in [9.17, 15) is 0 Å². The minimum atomic E-state index is 0.488. The molecule has 2 aromatic rings. The fraction of sp³-hybridized carbons (Fsp3) is 0.214. The third kappa shape index (κ3) is 2.78. The van der Waals surface area contributed by atoms with E-state index in [4.69, 9.17) is 15.2 Å². The molecule has 18 heavy (non-hydrogen) atoms. The quantitative estimate of drug-likeness (QED) is 0.898. The van der Waals surface area contributed by atoms with Crippen molar-refractivity contribution in [1.82, 2.24) is 4.98 Å². The Kier molecular flexibility index (Phi) is 3.79. The Morgan fingerprint density at radius 3 is 2.28 bits per heavy atom. The standard InChI is InChI=1S/C14H16N2O2/c1-10-11(9-15)3-8-14(16-10)18-13-6-4-12(17-2)5-7-13/h3-8H,9,15H2,1-2H3. The average Bonchev–Trinajstić information content (AvgIpc) is 2.40. The van der Waals surface area contributed by atoms with Gasteiger partial charge in [-0.3, -0.25) is 0 Å². The Bertz CT molecular complexity index is 524. The highest BCUT2D eigenvalue weighted by molar-refractivity contribution is 5.34. The Balaban J connectivity index is 2.15. The summed E-state index contributed by atoms with van der Waals surface area (Å²) in [7, 11) is 1.63. The number of hydrogen-bond donors (Lipinski definition) is 1. The third-order valence-corrected chi connectivity index (χ3v) is 2.67. The molecule has 2 rings (SSSR count). The molecule has 94 valence electrons. The van der Waals surface area contributed by atoms with Crippen LogP contribution >= 0.6 is 0 Å². The van der Waals surface area contributed by atoms with Gasteiger partial charge in [0.05, 0.1) is 7.11 Å². The van der Waals surface area contributed by atoms with Crippen LogP contribution in [0.25, 0.3) is 0 Å². The molecule has 4 heteroatoms. The Labute approximate surface area is 106 Å². The summed E-state index contributed by atoms with van der Waals surface area (Å²) in [6.45, 7) is 2.41. The topological polar surface area (TPSA) is 57.4 Å². The molecule has 0 bridgehead atoms. The number of aryl methyl sites for hydroxylation is 1. The maximum absolute atomic E-state index is 5.65. The first-order valence-corrected chi connectivity index (χ1v) is 5.71. The second-order valence-corrected chi connectivity index (χ2v) is 3.88. The maximum Gasteiger partial charge on any atom is 0.219 e. The highest BCUT2D eigenvalue weighted by Crippen LogP contribution is 2.23. The molecule has 0 spiro atoms. The van der Waals surface area contributed by atoms with Gasteiger partial charge in [0.15, 0.2) is 0 Å². The first-order chi connectivity index (χ1) is 8.72. The van der Waals surface area contributed by atoms with Crippen LogP contribution < -0.4 is 15.2 Å². The van der Waals surface area contributed by atoms with Gasteiger partial charge in [-0.25, -0.2) is 4.98 Å². The van der Waals surface area contributed by atoms with E-state index in [0.29, 0.717) is 12.4 Å². The van der Waals surface area contributed by atoms with Crippen molar-refractivity contribution in [1.29, 1.82) is 0 Å². The van der Waals surface area contributed by atoms with Crippen molar-refractivity contribution in [2.75, 3.05) is 7.11 Å². The molecule has 0 radical (unpaired) electrons. The second kappa shape index (κ2) is 5.51. The molecule has 0 fully saturated rings. The van der Waals surface area contributed by atoms with Crippen LogP contribution in [0.4, 0.5) is 0 Å². The van der Waals surface area contributed by atoms with Crippen LogP contribution in [-0.2, 0) is 6.54 Å². The second-order valence-electron chi connectivity index (χ2n) is 3.88. The van der Waals surface area contributed by atoms with Crippen LogP contribution in [0.2, 0.25) is 0 Å². The number of nitrogens with two attached hydrogens (primary N) is 1. The normalized spacial score (nSPS) is 10.2. The minimum Gasteiger partial charge on any atom is -0.497 e. The first-order valence-electron chi connectivity index (χ1n) is 5.71. The molecule has 0 amide bonds. The Morgan fingerprint density at radius 1 is 1.06 bits per heavy atom. The van der Waals surface area contributed by atoms with Crippen molar-refractivity contribution in [3.05, 3.63) is 47.7 Å². The number of aromatic nitrogens is 1. The summed E-state index contributed by atoms with van der Waals surface area (Å²) in [5, 5.41) is 0. The fourth-order valence-corrected chi connectivity index (χ4v) is 1.60. The van der Waals surface area contributed by atoms with Crippen molar-refractivity contribution < 1.29 is 9.47 Å². The lowest BCUT2D eigenvalue weighted by molar-refractivity contribution is 0.412. The van der Waals surface area contributed by atoms with Gasteiger partial charge in [0.25, 0.3) is 0 Å². The van der Waals surface area contributed by atoms with Crippen LogP contribution in [0, 0.1) is 6.92 Å². The molecular formula is C14H16N2O2. The predicted octanol–water partition coefficient (Wildman–Crippen LogP) is 2.65. The average molecular weight is 244 g/mol. The molecule has 0 unspecified atom stereocenters. The fourth-order valence-electron chi connectivity index (χ4n) is 1.60. The molecule has 1 aromatic carbocycles. The lowest BCUT2D eigenvalue weighted by Gasteiger charge is -2.08. The van der Waals surface area contributed by atoms with Gasteiger partial charge < -0.3 is 15.2 Å². The van der Waals surface area contributed by atoms with Gasteiger partial charge in [0.2, 0.25) is 5.88 Å². The lowest BCUT2D eigenvalue weighted by atomic mass is 10.2. The molecule has 0 aliphatic carbocycles. The van der Waals surface area contributed by atoms with Gasteiger partial charge in [-0.15, -0.1) is 0 Å². The van der Waals surface area contributed by atoms with E-state index in [1.807, 2.05) is 43.3 Å². The number of rotatable bonds is 4. The molecule has 0 aliphatic heterocycles. The van der Waals surface area contributed by atoms with Gasteiger partial charge in [0, 0.05) is 18.3 Å². The van der Waals surface area contributed by atoms with Crippen molar-refractivity contribution in [3.8, 4) is 17.4 Å². The molecule has 4 nitrogen and oxygen atoms in total. The van der Waals surface area contributed by atoms with E-state index in [-0.39, 0.29) is 0 Å². The maximum atomic E-state index is 5.65. The van der Waals surface area contributed by atoms with E-state index in [1.54, 1.807) is 7.11 Å². The molecule has 0 saturated heterocycles. The molecule has 0 aliphatic rings. The Hall–Kier alpha value is -2.07. The van der Waals surface area contributed by atoms with Crippen LogP contribution in [0.5, 0.6) is 17.4 Å². The Morgan fingerprint density at radius 2 is 1.72 bits per heavy atom. The van der Waals surface area contributed by atoms with Crippen LogP contribution in [0.3, 0.4) is 0 Å². The molecule has 0 saturated carbocycles. The molecule has 1 heterocycles. The predicted molar refractivity (Wildman–Crippen MR) is 69.9 cm³/mol. The largest absolute Gasteiger partial charge is 0.497 e. The zero-order chi connectivity index (χ0) is 13.0. The van der Waals surface area contributed by atoms with E-state index >= 15 is 0 Å². The smallest absolute Gasteiger partial charge is 0.219 e. The monoisotopic (exact) mass is 244 g/mol. The summed E-state index contributed by atoms with van der Waals surface area (Å²) in [5.74, 6) is 2.09. The summed E-state index contributed by atoms with van der Waals surface area (Å²) in [6, 6.07) is 11.1. The lowest BCUT2D eigenvalue weighted by Crippen LogP contribution is -2.01. The number of nitrogens with zero attached hydrogens (tertiary/aromatic N) is 1. The van der Waals surface area contributed by atoms with Crippen LogP contribution in [-0.4, -0.2) is 12.1 Å². The zero-order valence-corrected chi connectivity index (χ0v) is 10.5. The molecular weight excluding hydrogens is 228 g/mol. The van der Waals surface area contributed by atoms with Crippen molar-refractivity contribution in [2.24, 2.45) is 5.73 Å². The number of ether oxygens (including phenoxy) is 2.